The molecule has 2 atom stereocenters. The minimum absolute atomic E-state index is 0.152. The number of amides is 2. The number of nitrogens with one attached hydrogen (secondary N) is 1. The maximum Gasteiger partial charge on any atom is 0.317 e. The first-order chi connectivity index (χ1) is 12.5. The van der Waals surface area contributed by atoms with E-state index in [1.54, 1.807) is 4.90 Å². The van der Waals surface area contributed by atoms with Crippen LogP contribution in [0.15, 0.2) is 30.3 Å². The number of likely N-dealkylation sites (N-methyl/N-ethyl adjacent to an activating group) is 1. The van der Waals surface area contributed by atoms with Gasteiger partial charge in [-0.15, -0.1) is 0 Å². The van der Waals surface area contributed by atoms with Crippen molar-refractivity contribution in [2.24, 2.45) is 5.92 Å². The average molecular weight is 361 g/mol. The number of aliphatic carboxylic acids is 1. The van der Waals surface area contributed by atoms with E-state index in [1.165, 1.54) is 5.56 Å². The lowest BCUT2D eigenvalue weighted by Gasteiger charge is -2.33. The summed E-state index contributed by atoms with van der Waals surface area (Å²) >= 11 is 0. The number of urea groups is 1. The second-order valence-corrected chi connectivity index (χ2v) is 6.87. The number of hydrogen-bond acceptors (Lipinski definition) is 3. The zero-order valence-corrected chi connectivity index (χ0v) is 15.9. The molecule has 26 heavy (non-hydrogen) atoms. The number of carboxylic acid groups (broad SMARTS) is 1. The molecule has 0 aliphatic carbocycles. The van der Waals surface area contributed by atoms with Gasteiger partial charge in [0, 0.05) is 25.7 Å². The molecule has 1 aliphatic heterocycles. The summed E-state index contributed by atoms with van der Waals surface area (Å²) in [5, 5.41) is 12.2. The van der Waals surface area contributed by atoms with E-state index in [0.29, 0.717) is 26.1 Å². The smallest absolute Gasteiger partial charge is 0.317 e. The zero-order chi connectivity index (χ0) is 18.9. The molecule has 1 aromatic rings. The van der Waals surface area contributed by atoms with Crippen LogP contribution in [0.25, 0.3) is 0 Å². The minimum atomic E-state index is -0.812. The van der Waals surface area contributed by atoms with Crippen molar-refractivity contribution in [2.75, 3.05) is 32.7 Å². The van der Waals surface area contributed by atoms with Crippen molar-refractivity contribution in [1.29, 1.82) is 0 Å². The number of carbonyl (C=O) groups excluding carboxylic acids is 1. The fraction of sp³-hybridized carbons (Fsp3) is 0.600. The van der Waals surface area contributed by atoms with E-state index in [4.69, 9.17) is 0 Å². The van der Waals surface area contributed by atoms with Gasteiger partial charge in [-0.25, -0.2) is 4.79 Å². The predicted molar refractivity (Wildman–Crippen MR) is 102 cm³/mol. The molecule has 6 heteroatoms. The second-order valence-electron chi connectivity index (χ2n) is 6.87. The highest BCUT2D eigenvalue weighted by Gasteiger charge is 2.28. The molecule has 0 saturated carbocycles. The molecule has 2 N–H and O–H groups in total. The molecule has 2 amide bonds. The van der Waals surface area contributed by atoms with Gasteiger partial charge in [0.05, 0.1) is 5.92 Å². The van der Waals surface area contributed by atoms with E-state index in [-0.39, 0.29) is 12.1 Å². The van der Waals surface area contributed by atoms with E-state index in [1.807, 2.05) is 18.2 Å². The molecular weight excluding hydrogens is 330 g/mol. The van der Waals surface area contributed by atoms with Gasteiger partial charge < -0.3 is 15.3 Å². The molecule has 1 aliphatic rings. The van der Waals surface area contributed by atoms with Crippen LogP contribution in [0.3, 0.4) is 0 Å². The molecule has 6 nitrogen and oxygen atoms in total. The molecule has 2 unspecified atom stereocenters. The molecule has 0 spiro atoms. The first-order valence-corrected chi connectivity index (χ1v) is 9.58. The number of rotatable bonds is 8. The standard InChI is InChI=1S/C20H31N3O3/c1-3-22(4-2)18(13-16-9-6-5-7-10-16)14-21-20(26)23-12-8-11-17(15-23)19(24)25/h5-7,9-10,17-18H,3-4,8,11-15H2,1-2H3,(H,21,26)(H,24,25). The normalized spacial score (nSPS) is 18.6. The Kier molecular flexibility index (Phi) is 7.91. The third-order valence-electron chi connectivity index (χ3n) is 5.19. The summed E-state index contributed by atoms with van der Waals surface area (Å²) in [6, 6.07) is 10.4. The molecule has 1 heterocycles. The maximum absolute atomic E-state index is 12.5. The van der Waals surface area contributed by atoms with Crippen LogP contribution in [-0.2, 0) is 11.2 Å². The highest BCUT2D eigenvalue weighted by Crippen LogP contribution is 2.16. The van der Waals surface area contributed by atoms with Crippen LogP contribution in [-0.4, -0.2) is 65.7 Å². The van der Waals surface area contributed by atoms with E-state index in [9.17, 15) is 14.7 Å². The lowest BCUT2D eigenvalue weighted by molar-refractivity contribution is -0.143. The fourth-order valence-corrected chi connectivity index (χ4v) is 3.64. The van der Waals surface area contributed by atoms with Crippen LogP contribution in [0.5, 0.6) is 0 Å². The summed E-state index contributed by atoms with van der Waals surface area (Å²) in [7, 11) is 0. The first-order valence-electron chi connectivity index (χ1n) is 9.58. The molecular formula is C20H31N3O3. The van der Waals surface area contributed by atoms with E-state index in [0.717, 1.165) is 25.9 Å². The van der Waals surface area contributed by atoms with Crippen molar-refractivity contribution in [2.45, 2.75) is 39.2 Å². The highest BCUT2D eigenvalue weighted by molar-refractivity contribution is 5.76. The average Bonchev–Trinajstić information content (AvgIpc) is 2.67. The first kappa shape index (κ1) is 20.2. The zero-order valence-electron chi connectivity index (χ0n) is 15.9. The number of benzene rings is 1. The topological polar surface area (TPSA) is 72.9 Å². The van der Waals surface area contributed by atoms with Gasteiger partial charge in [-0.05, 0) is 37.9 Å². The van der Waals surface area contributed by atoms with Gasteiger partial charge in [-0.1, -0.05) is 44.2 Å². The van der Waals surface area contributed by atoms with E-state index in [2.05, 4.69) is 36.2 Å². The largest absolute Gasteiger partial charge is 0.481 e. The molecule has 144 valence electrons. The Labute approximate surface area is 156 Å². The monoisotopic (exact) mass is 361 g/mol. The predicted octanol–water partition coefficient (Wildman–Crippen LogP) is 2.45. The van der Waals surface area contributed by atoms with Crippen LogP contribution >= 0.6 is 0 Å². The van der Waals surface area contributed by atoms with Gasteiger partial charge in [0.1, 0.15) is 0 Å². The second kappa shape index (κ2) is 10.2. The molecule has 0 radical (unpaired) electrons. The van der Waals surface area contributed by atoms with Crippen LogP contribution in [0.4, 0.5) is 4.79 Å². The van der Waals surface area contributed by atoms with Gasteiger partial charge in [0.15, 0.2) is 0 Å². The number of hydrogen-bond donors (Lipinski definition) is 2. The van der Waals surface area contributed by atoms with Crippen LogP contribution in [0.1, 0.15) is 32.3 Å². The van der Waals surface area contributed by atoms with E-state index >= 15 is 0 Å². The van der Waals surface area contributed by atoms with Crippen molar-refractivity contribution in [3.8, 4) is 0 Å². The van der Waals surface area contributed by atoms with Crippen LogP contribution in [0, 0.1) is 5.92 Å². The molecule has 0 aromatic heterocycles. The molecule has 1 aromatic carbocycles. The maximum atomic E-state index is 12.5. The summed E-state index contributed by atoms with van der Waals surface area (Å²) < 4.78 is 0. The minimum Gasteiger partial charge on any atom is -0.481 e. The number of piperidine rings is 1. The third-order valence-corrected chi connectivity index (χ3v) is 5.19. The lowest BCUT2D eigenvalue weighted by Crippen LogP contribution is -2.51. The number of nitrogens with zero attached hydrogens (tertiary/aromatic N) is 2. The molecule has 1 saturated heterocycles. The van der Waals surface area contributed by atoms with Gasteiger partial charge in [-0.3, -0.25) is 9.69 Å². The molecule has 1 fully saturated rings. The molecule has 2 rings (SSSR count). The fourth-order valence-electron chi connectivity index (χ4n) is 3.64. The number of likely N-dealkylation sites (tertiary alicyclic amines) is 1. The number of carbonyl (C=O) groups is 2. The van der Waals surface area contributed by atoms with Crippen molar-refractivity contribution >= 4 is 12.0 Å². The van der Waals surface area contributed by atoms with Crippen molar-refractivity contribution in [1.82, 2.24) is 15.1 Å². The Balaban J connectivity index is 1.94. The Bertz CT molecular complexity index is 575. The van der Waals surface area contributed by atoms with Crippen molar-refractivity contribution < 1.29 is 14.7 Å². The summed E-state index contributed by atoms with van der Waals surface area (Å²) in [6.07, 6.45) is 2.27. The van der Waals surface area contributed by atoms with Crippen molar-refractivity contribution in [3.05, 3.63) is 35.9 Å². The lowest BCUT2D eigenvalue weighted by atomic mass is 9.99. The summed E-state index contributed by atoms with van der Waals surface area (Å²) in [5.74, 6) is -1.26. The summed E-state index contributed by atoms with van der Waals surface area (Å²) in [4.78, 5) is 27.7. The Hall–Kier alpha value is -2.08. The SMILES string of the molecule is CCN(CC)C(CNC(=O)N1CCCC(C(=O)O)C1)Cc1ccccc1. The van der Waals surface area contributed by atoms with E-state index < -0.39 is 11.9 Å². The van der Waals surface area contributed by atoms with Crippen LogP contribution < -0.4 is 5.32 Å². The molecule has 0 bridgehead atoms. The summed E-state index contributed by atoms with van der Waals surface area (Å²) in [6.45, 7) is 7.60. The summed E-state index contributed by atoms with van der Waals surface area (Å²) in [5.41, 5.74) is 1.25. The highest BCUT2D eigenvalue weighted by atomic mass is 16.4. The van der Waals surface area contributed by atoms with Gasteiger partial charge in [-0.2, -0.15) is 0 Å². The van der Waals surface area contributed by atoms with Crippen molar-refractivity contribution in [3.63, 3.8) is 0 Å². The van der Waals surface area contributed by atoms with Gasteiger partial charge >= 0.3 is 12.0 Å². The Morgan fingerprint density at radius 1 is 1.27 bits per heavy atom. The quantitative estimate of drug-likeness (QED) is 0.746. The Morgan fingerprint density at radius 3 is 2.58 bits per heavy atom. The Morgan fingerprint density at radius 2 is 1.96 bits per heavy atom. The van der Waals surface area contributed by atoms with Gasteiger partial charge in [0.25, 0.3) is 0 Å². The van der Waals surface area contributed by atoms with Gasteiger partial charge in [0.2, 0.25) is 0 Å². The third kappa shape index (κ3) is 5.73. The van der Waals surface area contributed by atoms with Crippen LogP contribution in [0.2, 0.25) is 0 Å². The number of carboxylic acids is 1.